The van der Waals surface area contributed by atoms with Crippen LogP contribution < -0.4 is 5.73 Å². The van der Waals surface area contributed by atoms with E-state index in [1.807, 2.05) is 31.6 Å². The lowest BCUT2D eigenvalue weighted by molar-refractivity contribution is 0.202. The number of para-hydroxylation sites is 1. The molecule has 4 nitrogen and oxygen atoms in total. The van der Waals surface area contributed by atoms with E-state index in [0.717, 1.165) is 17.8 Å². The van der Waals surface area contributed by atoms with E-state index in [9.17, 15) is 0 Å². The molecule has 0 amide bonds. The SMILES string of the molecule is COCCc1ccccc1-n1cncc1[C@H](C)N. The van der Waals surface area contributed by atoms with Crippen molar-refractivity contribution in [3.63, 3.8) is 0 Å². The van der Waals surface area contributed by atoms with Crippen molar-refractivity contribution in [2.24, 2.45) is 5.73 Å². The molecule has 0 bridgehead atoms. The van der Waals surface area contributed by atoms with Gasteiger partial charge in [0.2, 0.25) is 0 Å². The number of hydrogen-bond acceptors (Lipinski definition) is 3. The van der Waals surface area contributed by atoms with Gasteiger partial charge in [0.05, 0.1) is 30.5 Å². The van der Waals surface area contributed by atoms with Crippen LogP contribution in [-0.4, -0.2) is 23.3 Å². The topological polar surface area (TPSA) is 53.1 Å². The summed E-state index contributed by atoms with van der Waals surface area (Å²) in [6.45, 7) is 2.67. The normalized spacial score (nSPS) is 12.6. The maximum absolute atomic E-state index is 5.96. The number of benzene rings is 1. The summed E-state index contributed by atoms with van der Waals surface area (Å²) in [6, 6.07) is 8.22. The Morgan fingerprint density at radius 3 is 2.89 bits per heavy atom. The summed E-state index contributed by atoms with van der Waals surface area (Å²) in [7, 11) is 1.72. The van der Waals surface area contributed by atoms with Gasteiger partial charge in [-0.3, -0.25) is 0 Å². The number of nitrogens with two attached hydrogens (primary N) is 1. The maximum atomic E-state index is 5.96. The van der Waals surface area contributed by atoms with Gasteiger partial charge >= 0.3 is 0 Å². The Kier molecular flexibility index (Phi) is 4.12. The fourth-order valence-electron chi connectivity index (χ4n) is 2.01. The smallest absolute Gasteiger partial charge is 0.0994 e. The molecule has 4 heteroatoms. The van der Waals surface area contributed by atoms with Gasteiger partial charge in [0, 0.05) is 13.2 Å². The first-order chi connectivity index (χ1) is 8.74. The summed E-state index contributed by atoms with van der Waals surface area (Å²) in [4.78, 5) is 4.19. The van der Waals surface area contributed by atoms with Gasteiger partial charge in [0.25, 0.3) is 0 Å². The first-order valence-corrected chi connectivity index (χ1v) is 6.09. The van der Waals surface area contributed by atoms with Gasteiger partial charge in [0.15, 0.2) is 0 Å². The zero-order chi connectivity index (χ0) is 13.0. The molecule has 2 aromatic rings. The fraction of sp³-hybridized carbons (Fsp3) is 0.357. The minimum atomic E-state index is -0.0389. The monoisotopic (exact) mass is 245 g/mol. The highest BCUT2D eigenvalue weighted by Gasteiger charge is 2.11. The van der Waals surface area contributed by atoms with Crippen LogP contribution in [0.4, 0.5) is 0 Å². The predicted molar refractivity (Wildman–Crippen MR) is 71.7 cm³/mol. The summed E-state index contributed by atoms with van der Waals surface area (Å²) in [6.07, 6.45) is 4.51. The molecule has 0 saturated carbocycles. The second kappa shape index (κ2) is 5.80. The van der Waals surface area contributed by atoms with Gasteiger partial charge < -0.3 is 15.0 Å². The lowest BCUT2D eigenvalue weighted by Crippen LogP contribution is -2.12. The number of ether oxygens (including phenoxy) is 1. The van der Waals surface area contributed by atoms with Gasteiger partial charge in [-0.2, -0.15) is 0 Å². The molecule has 0 aliphatic rings. The molecule has 1 atom stereocenters. The van der Waals surface area contributed by atoms with Crippen molar-refractivity contribution in [3.05, 3.63) is 48.0 Å². The summed E-state index contributed by atoms with van der Waals surface area (Å²) in [5.41, 5.74) is 9.33. The molecule has 2 N–H and O–H groups in total. The Balaban J connectivity index is 2.40. The van der Waals surface area contributed by atoms with Crippen LogP contribution >= 0.6 is 0 Å². The number of imidazole rings is 1. The fourth-order valence-corrected chi connectivity index (χ4v) is 2.01. The van der Waals surface area contributed by atoms with Crippen molar-refractivity contribution in [2.45, 2.75) is 19.4 Å². The van der Waals surface area contributed by atoms with Crippen molar-refractivity contribution in [3.8, 4) is 5.69 Å². The van der Waals surface area contributed by atoms with E-state index in [4.69, 9.17) is 10.5 Å². The molecule has 0 saturated heterocycles. The summed E-state index contributed by atoms with van der Waals surface area (Å²) < 4.78 is 7.20. The third-order valence-corrected chi connectivity index (χ3v) is 2.96. The second-order valence-electron chi connectivity index (χ2n) is 4.35. The van der Waals surface area contributed by atoms with Crippen LogP contribution in [0.5, 0.6) is 0 Å². The first kappa shape index (κ1) is 12.8. The molecular formula is C14H19N3O. The maximum Gasteiger partial charge on any atom is 0.0994 e. The second-order valence-corrected chi connectivity index (χ2v) is 4.35. The highest BCUT2D eigenvalue weighted by Crippen LogP contribution is 2.20. The van der Waals surface area contributed by atoms with Gasteiger partial charge in [-0.1, -0.05) is 18.2 Å². The number of hydrogen-bond donors (Lipinski definition) is 1. The van der Waals surface area contributed by atoms with Gasteiger partial charge in [-0.15, -0.1) is 0 Å². The average molecular weight is 245 g/mol. The zero-order valence-electron chi connectivity index (χ0n) is 10.8. The minimum Gasteiger partial charge on any atom is -0.384 e. The molecule has 2 rings (SSSR count). The standard InChI is InChI=1S/C14H19N3O/c1-11(15)14-9-16-10-17(14)13-6-4-3-5-12(13)7-8-18-2/h3-6,9-11H,7-8,15H2,1-2H3/t11-/m0/s1. The third kappa shape index (κ3) is 2.60. The molecule has 0 aliphatic heterocycles. The van der Waals surface area contributed by atoms with E-state index in [-0.39, 0.29) is 6.04 Å². The Morgan fingerprint density at radius 1 is 1.39 bits per heavy atom. The molecule has 96 valence electrons. The van der Waals surface area contributed by atoms with E-state index in [0.29, 0.717) is 6.61 Å². The minimum absolute atomic E-state index is 0.0389. The van der Waals surface area contributed by atoms with Crippen LogP contribution in [0.1, 0.15) is 24.2 Å². The molecule has 1 aromatic carbocycles. The van der Waals surface area contributed by atoms with Crippen molar-refractivity contribution < 1.29 is 4.74 Å². The highest BCUT2D eigenvalue weighted by molar-refractivity contribution is 5.42. The average Bonchev–Trinajstić information content (AvgIpc) is 2.86. The molecule has 0 spiro atoms. The van der Waals surface area contributed by atoms with Crippen LogP contribution in [0.3, 0.4) is 0 Å². The lowest BCUT2D eigenvalue weighted by Gasteiger charge is -2.14. The van der Waals surface area contributed by atoms with E-state index in [2.05, 4.69) is 21.7 Å². The van der Waals surface area contributed by atoms with E-state index in [1.165, 1.54) is 5.56 Å². The number of rotatable bonds is 5. The number of aromatic nitrogens is 2. The Labute approximate surface area is 107 Å². The van der Waals surface area contributed by atoms with E-state index in [1.54, 1.807) is 7.11 Å². The lowest BCUT2D eigenvalue weighted by atomic mass is 10.1. The number of methoxy groups -OCH3 is 1. The van der Waals surface area contributed by atoms with Crippen molar-refractivity contribution in [1.82, 2.24) is 9.55 Å². The van der Waals surface area contributed by atoms with Crippen LogP contribution in [-0.2, 0) is 11.2 Å². The molecule has 18 heavy (non-hydrogen) atoms. The van der Waals surface area contributed by atoms with Crippen molar-refractivity contribution >= 4 is 0 Å². The van der Waals surface area contributed by atoms with Crippen molar-refractivity contribution in [2.75, 3.05) is 13.7 Å². The third-order valence-electron chi connectivity index (χ3n) is 2.96. The van der Waals surface area contributed by atoms with Crippen LogP contribution in [0.25, 0.3) is 5.69 Å². The molecule has 1 heterocycles. The van der Waals surface area contributed by atoms with Crippen molar-refractivity contribution in [1.29, 1.82) is 0 Å². The van der Waals surface area contributed by atoms with Crippen LogP contribution in [0.2, 0.25) is 0 Å². The summed E-state index contributed by atoms with van der Waals surface area (Å²) in [5, 5.41) is 0. The molecule has 0 unspecified atom stereocenters. The quantitative estimate of drug-likeness (QED) is 0.877. The Hall–Kier alpha value is -1.65. The van der Waals surface area contributed by atoms with Gasteiger partial charge in [-0.05, 0) is 25.0 Å². The Bertz CT molecular complexity index is 505. The van der Waals surface area contributed by atoms with Crippen LogP contribution in [0, 0.1) is 0 Å². The molecular weight excluding hydrogens is 226 g/mol. The Morgan fingerprint density at radius 2 is 2.17 bits per heavy atom. The van der Waals surface area contributed by atoms with Gasteiger partial charge in [0.1, 0.15) is 0 Å². The molecule has 0 aliphatic carbocycles. The first-order valence-electron chi connectivity index (χ1n) is 6.09. The zero-order valence-corrected chi connectivity index (χ0v) is 10.8. The largest absolute Gasteiger partial charge is 0.384 e. The molecule has 1 aromatic heterocycles. The molecule has 0 radical (unpaired) electrons. The predicted octanol–water partition coefficient (Wildman–Crippen LogP) is 2.08. The summed E-state index contributed by atoms with van der Waals surface area (Å²) >= 11 is 0. The molecule has 0 fully saturated rings. The van der Waals surface area contributed by atoms with Gasteiger partial charge in [-0.25, -0.2) is 4.98 Å². The van der Waals surface area contributed by atoms with E-state index >= 15 is 0 Å². The number of nitrogens with zero attached hydrogens (tertiary/aromatic N) is 2. The summed E-state index contributed by atoms with van der Waals surface area (Å²) in [5.74, 6) is 0. The van der Waals surface area contributed by atoms with E-state index < -0.39 is 0 Å². The highest BCUT2D eigenvalue weighted by atomic mass is 16.5. The van der Waals surface area contributed by atoms with Crippen LogP contribution in [0.15, 0.2) is 36.8 Å².